The monoisotopic (exact) mass is 444 g/mol. The molecule has 0 fully saturated rings. The molecule has 0 saturated carbocycles. The van der Waals surface area contributed by atoms with Crippen LogP contribution in [0.1, 0.15) is 35.3 Å². The molecule has 1 amide bonds. The molecule has 1 unspecified atom stereocenters. The van der Waals surface area contributed by atoms with E-state index < -0.39 is 23.9 Å². The van der Waals surface area contributed by atoms with Crippen molar-refractivity contribution in [3.8, 4) is 17.2 Å². The third-order valence-electron chi connectivity index (χ3n) is 5.06. The molecule has 2 rings (SSSR count). The second-order valence-electron chi connectivity index (χ2n) is 8.20. The summed E-state index contributed by atoms with van der Waals surface area (Å²) in [6.07, 6.45) is -0.421. The molecule has 2 aromatic rings. The van der Waals surface area contributed by atoms with Crippen LogP contribution in [0.2, 0.25) is 0 Å². The lowest BCUT2D eigenvalue weighted by atomic mass is 10.1. The highest BCUT2D eigenvalue weighted by Crippen LogP contribution is 2.25. The summed E-state index contributed by atoms with van der Waals surface area (Å²) >= 11 is 0. The number of phenols is 3. The van der Waals surface area contributed by atoms with Crippen LogP contribution in [0.4, 0.5) is 0 Å². The van der Waals surface area contributed by atoms with Crippen LogP contribution in [0, 0.1) is 0 Å². The quantitative estimate of drug-likeness (QED) is 0.100. The van der Waals surface area contributed by atoms with E-state index in [0.717, 1.165) is 11.6 Å². The normalized spacial score (nSPS) is 12.1. The van der Waals surface area contributed by atoms with Gasteiger partial charge in [0.25, 0.3) is 5.91 Å². The van der Waals surface area contributed by atoms with Gasteiger partial charge in [-0.15, -0.1) is 0 Å². The second kappa shape index (κ2) is 10.2. The van der Waals surface area contributed by atoms with Crippen molar-refractivity contribution in [3.63, 3.8) is 0 Å². The third-order valence-corrected chi connectivity index (χ3v) is 5.06. The van der Waals surface area contributed by atoms with E-state index in [1.54, 1.807) is 32.0 Å². The molecule has 0 bridgehead atoms. The number of hydrogen-bond donors (Lipinski definition) is 5. The van der Waals surface area contributed by atoms with Crippen LogP contribution in [0.3, 0.4) is 0 Å². The van der Waals surface area contributed by atoms with Crippen molar-refractivity contribution in [3.05, 3.63) is 65.2 Å². The topological polar surface area (TPSA) is 128 Å². The molecule has 2 aromatic carbocycles. The van der Waals surface area contributed by atoms with Gasteiger partial charge < -0.3 is 20.1 Å². The molecule has 0 radical (unpaired) electrons. The standard InChI is InChI=1S/C23H29N3O6/c1-14(2)23(31)32-15(3)26(4,5)13-16-6-8-19(27)18(10-16)12-24-25-22(30)17-7-9-20(28)21(29)11-17/h6-11,15,24H,1,12-13H2,2-5H3,(H3-,25,27,28,29,30)/p+1. The van der Waals surface area contributed by atoms with Gasteiger partial charge in [0.1, 0.15) is 12.3 Å². The average Bonchev–Trinajstić information content (AvgIpc) is 2.71. The van der Waals surface area contributed by atoms with Gasteiger partial charge in [-0.25, -0.2) is 10.2 Å². The number of nitrogens with one attached hydrogen (secondary N) is 2. The van der Waals surface area contributed by atoms with Crippen LogP contribution < -0.4 is 10.9 Å². The van der Waals surface area contributed by atoms with Gasteiger partial charge in [-0.1, -0.05) is 6.58 Å². The fourth-order valence-electron chi connectivity index (χ4n) is 2.83. The van der Waals surface area contributed by atoms with E-state index in [0.29, 0.717) is 22.2 Å². The first kappa shape index (κ1) is 24.7. The number of carbonyl (C=O) groups is 2. The smallest absolute Gasteiger partial charge is 0.337 e. The Morgan fingerprint density at radius 3 is 2.34 bits per heavy atom. The van der Waals surface area contributed by atoms with Crippen LogP contribution in [-0.2, 0) is 22.6 Å². The molecule has 9 nitrogen and oxygen atoms in total. The average molecular weight is 445 g/mol. The van der Waals surface area contributed by atoms with Gasteiger partial charge in [0.15, 0.2) is 11.5 Å². The molecular weight excluding hydrogens is 414 g/mol. The molecule has 0 saturated heterocycles. The van der Waals surface area contributed by atoms with Crippen LogP contribution in [0.25, 0.3) is 0 Å². The summed E-state index contributed by atoms with van der Waals surface area (Å²) in [6, 6.07) is 8.88. The molecule has 0 aromatic heterocycles. The Morgan fingerprint density at radius 1 is 1.06 bits per heavy atom. The number of ether oxygens (including phenoxy) is 1. The first-order valence-electron chi connectivity index (χ1n) is 9.96. The van der Waals surface area contributed by atoms with Gasteiger partial charge in [0, 0.05) is 35.7 Å². The molecule has 0 spiro atoms. The molecule has 0 aliphatic rings. The zero-order chi connectivity index (χ0) is 24.1. The zero-order valence-electron chi connectivity index (χ0n) is 18.7. The minimum Gasteiger partial charge on any atom is -0.508 e. The lowest BCUT2D eigenvalue weighted by Gasteiger charge is -2.35. The molecule has 32 heavy (non-hydrogen) atoms. The third kappa shape index (κ3) is 6.47. The van der Waals surface area contributed by atoms with E-state index in [9.17, 15) is 24.9 Å². The number of hydrazine groups is 1. The number of nitrogens with zero attached hydrogens (tertiary/aromatic N) is 1. The number of quaternary nitrogens is 1. The Balaban J connectivity index is 2.01. The van der Waals surface area contributed by atoms with E-state index in [1.165, 1.54) is 12.1 Å². The van der Waals surface area contributed by atoms with Gasteiger partial charge in [0.2, 0.25) is 6.23 Å². The second-order valence-corrected chi connectivity index (χ2v) is 8.20. The Kier molecular flexibility index (Phi) is 7.85. The summed E-state index contributed by atoms with van der Waals surface area (Å²) in [7, 11) is 3.85. The van der Waals surface area contributed by atoms with Crippen LogP contribution in [0.5, 0.6) is 17.2 Å². The highest BCUT2D eigenvalue weighted by molar-refractivity contribution is 5.94. The molecule has 1 atom stereocenters. The highest BCUT2D eigenvalue weighted by atomic mass is 16.6. The summed E-state index contributed by atoms with van der Waals surface area (Å²) in [5.74, 6) is -1.61. The highest BCUT2D eigenvalue weighted by Gasteiger charge is 2.28. The Hall–Kier alpha value is -3.56. The first-order chi connectivity index (χ1) is 14.9. The van der Waals surface area contributed by atoms with E-state index >= 15 is 0 Å². The zero-order valence-corrected chi connectivity index (χ0v) is 18.7. The Morgan fingerprint density at radius 2 is 1.72 bits per heavy atom. The van der Waals surface area contributed by atoms with Gasteiger partial charge in [0.05, 0.1) is 14.1 Å². The molecule has 5 N–H and O–H groups in total. The molecule has 172 valence electrons. The van der Waals surface area contributed by atoms with Crippen LogP contribution in [0.15, 0.2) is 48.6 Å². The van der Waals surface area contributed by atoms with Crippen LogP contribution >= 0.6 is 0 Å². The van der Waals surface area contributed by atoms with Crippen molar-refractivity contribution < 1.29 is 34.1 Å². The van der Waals surface area contributed by atoms with E-state index in [4.69, 9.17) is 4.74 Å². The molecule has 0 heterocycles. The lowest BCUT2D eigenvalue weighted by Crippen LogP contribution is -2.48. The lowest BCUT2D eigenvalue weighted by molar-refractivity contribution is -0.945. The van der Waals surface area contributed by atoms with Crippen molar-refractivity contribution in [2.24, 2.45) is 0 Å². The van der Waals surface area contributed by atoms with E-state index in [2.05, 4.69) is 17.4 Å². The SMILES string of the molecule is C=C(C)C(=O)OC(C)[N+](C)(C)Cc1ccc(O)c(CNNC(=O)c2ccc(O)c(O)c2)c1. The number of hydrogen-bond acceptors (Lipinski definition) is 7. The molecular formula is C23H30N3O6+. The predicted molar refractivity (Wildman–Crippen MR) is 118 cm³/mol. The van der Waals surface area contributed by atoms with Gasteiger partial charge in [-0.3, -0.25) is 14.7 Å². The van der Waals surface area contributed by atoms with Gasteiger partial charge >= 0.3 is 5.97 Å². The minimum absolute atomic E-state index is 0.0600. The fraction of sp³-hybridized carbons (Fsp3) is 0.304. The van der Waals surface area contributed by atoms with Crippen molar-refractivity contribution in [1.29, 1.82) is 0 Å². The summed E-state index contributed by atoms with van der Waals surface area (Å²) in [5.41, 5.74) is 7.16. The van der Waals surface area contributed by atoms with Crippen molar-refractivity contribution in [2.75, 3.05) is 14.1 Å². The summed E-state index contributed by atoms with van der Waals surface area (Å²) in [6.45, 7) is 7.66. The molecule has 9 heteroatoms. The maximum Gasteiger partial charge on any atom is 0.337 e. The maximum atomic E-state index is 12.2. The van der Waals surface area contributed by atoms with Crippen molar-refractivity contribution in [2.45, 2.75) is 33.2 Å². The number of carbonyl (C=O) groups excluding carboxylic acids is 2. The van der Waals surface area contributed by atoms with Crippen molar-refractivity contribution in [1.82, 2.24) is 10.9 Å². The van der Waals surface area contributed by atoms with Crippen LogP contribution in [-0.4, -0.2) is 52.0 Å². The first-order valence-corrected chi connectivity index (χ1v) is 9.96. The van der Waals surface area contributed by atoms with Gasteiger partial charge in [-0.05, 0) is 43.3 Å². The number of phenolic OH excluding ortho intramolecular Hbond substituents is 3. The van der Waals surface area contributed by atoms with Crippen molar-refractivity contribution >= 4 is 11.9 Å². The van der Waals surface area contributed by atoms with Gasteiger partial charge in [-0.2, -0.15) is 0 Å². The number of rotatable bonds is 9. The number of aromatic hydroxyl groups is 3. The molecule has 0 aliphatic heterocycles. The Labute approximate surface area is 187 Å². The summed E-state index contributed by atoms with van der Waals surface area (Å²) < 4.78 is 5.80. The molecule has 0 aliphatic carbocycles. The fourth-order valence-corrected chi connectivity index (χ4v) is 2.83. The van der Waals surface area contributed by atoms with E-state index in [1.807, 2.05) is 14.1 Å². The number of amides is 1. The Bertz CT molecular complexity index is 1020. The number of benzene rings is 2. The van der Waals surface area contributed by atoms with E-state index in [-0.39, 0.29) is 23.6 Å². The number of esters is 1. The summed E-state index contributed by atoms with van der Waals surface area (Å²) in [5, 5.41) is 29.0. The minimum atomic E-state index is -0.512. The maximum absolute atomic E-state index is 12.2. The largest absolute Gasteiger partial charge is 0.508 e. The summed E-state index contributed by atoms with van der Waals surface area (Å²) in [4.78, 5) is 24.0. The predicted octanol–water partition coefficient (Wildman–Crippen LogP) is 2.28.